The fraction of sp³-hybridized carbons (Fsp3) is 0.500. The Kier molecular flexibility index (Phi) is 7.43. The number of rotatable bonds is 4. The standard InChI is InChI=1S/C18H26N6O2S.HI/c1-4-20-17(23-8-9-27(25,26)18(2,3)12-23)21-11-15-6-5-7-16(10-15)24-14-19-13-22-24;/h5-7,10,13-14H,4,8-9,11-12H2,1-3H3,(H,20,21);1H. The summed E-state index contributed by atoms with van der Waals surface area (Å²) in [5.74, 6) is 0.887. The van der Waals surface area contributed by atoms with E-state index in [0.717, 1.165) is 23.8 Å². The van der Waals surface area contributed by atoms with Crippen LogP contribution in [0.1, 0.15) is 26.3 Å². The summed E-state index contributed by atoms with van der Waals surface area (Å²) >= 11 is 0. The molecule has 0 unspecified atom stereocenters. The number of aromatic nitrogens is 3. The normalized spacial score (nSPS) is 18.4. The molecule has 10 heteroatoms. The summed E-state index contributed by atoms with van der Waals surface area (Å²) < 4.78 is 25.4. The van der Waals surface area contributed by atoms with E-state index in [9.17, 15) is 8.42 Å². The summed E-state index contributed by atoms with van der Waals surface area (Å²) in [6.45, 7) is 7.67. The number of benzene rings is 1. The summed E-state index contributed by atoms with van der Waals surface area (Å²) in [6.07, 6.45) is 3.16. The van der Waals surface area contributed by atoms with Crippen LogP contribution < -0.4 is 5.32 Å². The lowest BCUT2D eigenvalue weighted by Crippen LogP contribution is -2.57. The average molecular weight is 518 g/mol. The molecule has 0 radical (unpaired) electrons. The zero-order valence-electron chi connectivity index (χ0n) is 16.4. The van der Waals surface area contributed by atoms with Crippen LogP contribution in [0.25, 0.3) is 5.69 Å². The summed E-state index contributed by atoms with van der Waals surface area (Å²) in [7, 11) is -3.08. The SMILES string of the molecule is CCNC(=NCc1cccc(-n2cncn2)c1)N1CCS(=O)(=O)C(C)(C)C1.I. The molecule has 1 aromatic carbocycles. The maximum Gasteiger partial charge on any atom is 0.194 e. The molecule has 1 aliphatic heterocycles. The minimum Gasteiger partial charge on any atom is -0.357 e. The highest BCUT2D eigenvalue weighted by molar-refractivity contribution is 14.0. The Balaban J connectivity index is 0.00000280. The molecule has 0 amide bonds. The third-order valence-corrected chi connectivity index (χ3v) is 7.22. The van der Waals surface area contributed by atoms with E-state index in [0.29, 0.717) is 19.6 Å². The van der Waals surface area contributed by atoms with E-state index < -0.39 is 14.6 Å². The van der Waals surface area contributed by atoms with Crippen molar-refractivity contribution >= 4 is 39.8 Å². The van der Waals surface area contributed by atoms with Crippen molar-refractivity contribution in [3.05, 3.63) is 42.5 Å². The zero-order chi connectivity index (χ0) is 19.5. The van der Waals surface area contributed by atoms with E-state index in [1.54, 1.807) is 24.9 Å². The number of nitrogens with one attached hydrogen (secondary N) is 1. The molecule has 1 aliphatic rings. The van der Waals surface area contributed by atoms with Gasteiger partial charge in [0.15, 0.2) is 15.8 Å². The van der Waals surface area contributed by atoms with Gasteiger partial charge in [0.25, 0.3) is 0 Å². The largest absolute Gasteiger partial charge is 0.357 e. The Morgan fingerprint density at radius 2 is 2.14 bits per heavy atom. The molecule has 0 saturated carbocycles. The van der Waals surface area contributed by atoms with Gasteiger partial charge in [0, 0.05) is 19.6 Å². The molecule has 2 heterocycles. The molecule has 0 aliphatic carbocycles. The predicted molar refractivity (Wildman–Crippen MR) is 121 cm³/mol. The van der Waals surface area contributed by atoms with Crippen molar-refractivity contribution < 1.29 is 8.42 Å². The summed E-state index contributed by atoms with van der Waals surface area (Å²) in [4.78, 5) is 10.7. The van der Waals surface area contributed by atoms with Gasteiger partial charge < -0.3 is 10.2 Å². The van der Waals surface area contributed by atoms with Gasteiger partial charge in [-0.2, -0.15) is 5.10 Å². The van der Waals surface area contributed by atoms with Crippen LogP contribution in [0.3, 0.4) is 0 Å². The van der Waals surface area contributed by atoms with Crippen molar-refractivity contribution in [1.82, 2.24) is 25.0 Å². The average Bonchev–Trinajstić information content (AvgIpc) is 3.16. The lowest BCUT2D eigenvalue weighted by atomic mass is 10.2. The third-order valence-electron chi connectivity index (χ3n) is 4.68. The molecule has 1 saturated heterocycles. The number of sulfone groups is 1. The zero-order valence-corrected chi connectivity index (χ0v) is 19.5. The maximum absolute atomic E-state index is 12.3. The molecule has 28 heavy (non-hydrogen) atoms. The van der Waals surface area contributed by atoms with Crippen LogP contribution in [0.5, 0.6) is 0 Å². The first kappa shape index (κ1) is 22.6. The highest BCUT2D eigenvalue weighted by Crippen LogP contribution is 2.23. The first-order valence-corrected chi connectivity index (χ1v) is 10.7. The monoisotopic (exact) mass is 518 g/mol. The fourth-order valence-electron chi connectivity index (χ4n) is 3.06. The molecule has 0 bridgehead atoms. The van der Waals surface area contributed by atoms with Gasteiger partial charge in [-0.1, -0.05) is 12.1 Å². The van der Waals surface area contributed by atoms with Crippen molar-refractivity contribution in [1.29, 1.82) is 0 Å². The number of hydrogen-bond acceptors (Lipinski definition) is 5. The number of aliphatic imine (C=N–C) groups is 1. The molecule has 0 spiro atoms. The summed E-state index contributed by atoms with van der Waals surface area (Å²) in [5.41, 5.74) is 1.97. The van der Waals surface area contributed by atoms with Gasteiger partial charge in [0.05, 0.1) is 22.7 Å². The highest BCUT2D eigenvalue weighted by atomic mass is 127. The van der Waals surface area contributed by atoms with Gasteiger partial charge in [-0.15, -0.1) is 24.0 Å². The molecule has 1 fully saturated rings. The van der Waals surface area contributed by atoms with E-state index in [-0.39, 0.29) is 29.7 Å². The molecule has 154 valence electrons. The Morgan fingerprint density at radius 3 is 2.79 bits per heavy atom. The van der Waals surface area contributed by atoms with Crippen LogP contribution in [0.15, 0.2) is 41.9 Å². The van der Waals surface area contributed by atoms with Gasteiger partial charge in [0.2, 0.25) is 0 Å². The van der Waals surface area contributed by atoms with Crippen molar-refractivity contribution in [2.75, 3.05) is 25.4 Å². The molecule has 8 nitrogen and oxygen atoms in total. The van der Waals surface area contributed by atoms with Crippen molar-refractivity contribution in [2.24, 2.45) is 4.99 Å². The first-order valence-electron chi connectivity index (χ1n) is 9.02. The Labute approximate surface area is 183 Å². The van der Waals surface area contributed by atoms with E-state index in [2.05, 4.69) is 15.4 Å². The fourth-order valence-corrected chi connectivity index (χ4v) is 4.42. The molecule has 2 aromatic rings. The molecular weight excluding hydrogens is 491 g/mol. The molecular formula is C18H27IN6O2S. The first-order chi connectivity index (χ1) is 12.8. The lowest BCUT2D eigenvalue weighted by molar-refractivity contribution is 0.353. The maximum atomic E-state index is 12.3. The van der Waals surface area contributed by atoms with Crippen LogP contribution >= 0.6 is 24.0 Å². The van der Waals surface area contributed by atoms with E-state index >= 15 is 0 Å². The molecule has 1 N–H and O–H groups in total. The van der Waals surface area contributed by atoms with E-state index in [1.165, 1.54) is 6.33 Å². The van der Waals surface area contributed by atoms with Gasteiger partial charge >= 0.3 is 0 Å². The van der Waals surface area contributed by atoms with Crippen LogP contribution in [0.2, 0.25) is 0 Å². The Morgan fingerprint density at radius 1 is 1.36 bits per heavy atom. The number of hydrogen-bond donors (Lipinski definition) is 1. The van der Waals surface area contributed by atoms with Gasteiger partial charge in [0.1, 0.15) is 12.7 Å². The number of nitrogens with zero attached hydrogens (tertiary/aromatic N) is 5. The minimum absolute atomic E-state index is 0. The van der Waals surface area contributed by atoms with Crippen molar-refractivity contribution in [3.63, 3.8) is 0 Å². The Bertz CT molecular complexity index is 912. The van der Waals surface area contributed by atoms with Crippen molar-refractivity contribution in [3.8, 4) is 5.69 Å². The number of guanidine groups is 1. The van der Waals surface area contributed by atoms with E-state index in [4.69, 9.17) is 4.99 Å². The van der Waals surface area contributed by atoms with Crippen LogP contribution in [0.4, 0.5) is 0 Å². The van der Waals surface area contributed by atoms with Gasteiger partial charge in [-0.05, 0) is 38.5 Å². The quantitative estimate of drug-likeness (QED) is 0.378. The van der Waals surface area contributed by atoms with Crippen LogP contribution in [-0.2, 0) is 16.4 Å². The van der Waals surface area contributed by atoms with Crippen LogP contribution in [0, 0.1) is 0 Å². The Hall–Kier alpha value is -1.69. The summed E-state index contributed by atoms with van der Waals surface area (Å²) in [6, 6.07) is 7.96. The van der Waals surface area contributed by atoms with E-state index in [1.807, 2.05) is 36.1 Å². The topological polar surface area (TPSA) is 92.5 Å². The van der Waals surface area contributed by atoms with Crippen molar-refractivity contribution in [2.45, 2.75) is 32.1 Å². The summed E-state index contributed by atoms with van der Waals surface area (Å²) in [5, 5.41) is 7.43. The second-order valence-corrected chi connectivity index (χ2v) is 9.92. The smallest absolute Gasteiger partial charge is 0.194 e. The van der Waals surface area contributed by atoms with Gasteiger partial charge in [-0.3, -0.25) is 0 Å². The number of halogens is 1. The second kappa shape index (κ2) is 9.21. The third kappa shape index (κ3) is 5.02. The highest BCUT2D eigenvalue weighted by Gasteiger charge is 2.40. The van der Waals surface area contributed by atoms with Gasteiger partial charge in [-0.25, -0.2) is 23.1 Å². The predicted octanol–water partition coefficient (Wildman–Crippen LogP) is 1.86. The minimum atomic E-state index is -3.08. The van der Waals surface area contributed by atoms with Crippen LogP contribution in [-0.4, -0.2) is 64.2 Å². The molecule has 3 rings (SSSR count). The second-order valence-electron chi connectivity index (χ2n) is 7.18. The molecule has 1 aromatic heterocycles. The lowest BCUT2D eigenvalue weighted by Gasteiger charge is -2.39. The molecule has 0 atom stereocenters.